The molecule has 0 saturated heterocycles. The van der Waals surface area contributed by atoms with Gasteiger partial charge < -0.3 is 14.7 Å². The van der Waals surface area contributed by atoms with E-state index in [9.17, 15) is 23.5 Å². The molecule has 1 unspecified atom stereocenters. The summed E-state index contributed by atoms with van der Waals surface area (Å²) in [4.78, 5) is 25.8. The normalized spacial score (nSPS) is 16.6. The Hall–Kier alpha value is -3.45. The molecule has 0 bridgehead atoms. The molecular formula is C26H22ClF2NO4. The number of carbonyl (C=O) groups is 2. The van der Waals surface area contributed by atoms with Crippen molar-refractivity contribution in [3.8, 4) is 5.75 Å². The van der Waals surface area contributed by atoms with Gasteiger partial charge in [-0.15, -0.1) is 0 Å². The number of carboxylic acid groups (broad SMARTS) is 1. The Bertz CT molecular complexity index is 1250. The van der Waals surface area contributed by atoms with Crippen molar-refractivity contribution in [3.63, 3.8) is 0 Å². The van der Waals surface area contributed by atoms with Gasteiger partial charge >= 0.3 is 5.97 Å². The zero-order valence-electron chi connectivity index (χ0n) is 18.4. The summed E-state index contributed by atoms with van der Waals surface area (Å²) in [6.45, 7) is 1.39. The van der Waals surface area contributed by atoms with Crippen LogP contribution in [-0.2, 0) is 24.2 Å². The lowest BCUT2D eigenvalue weighted by Crippen LogP contribution is -2.35. The molecule has 1 aliphatic heterocycles. The Morgan fingerprint density at radius 3 is 2.44 bits per heavy atom. The van der Waals surface area contributed by atoms with Crippen LogP contribution in [0.1, 0.15) is 34.0 Å². The molecule has 1 heterocycles. The highest BCUT2D eigenvalue weighted by Gasteiger charge is 2.35. The number of nitrogens with zero attached hydrogens (tertiary/aromatic N) is 1. The maximum absolute atomic E-state index is 13.5. The molecule has 0 aliphatic carbocycles. The van der Waals surface area contributed by atoms with E-state index in [0.717, 1.165) is 11.1 Å². The van der Waals surface area contributed by atoms with Crippen molar-refractivity contribution in [2.45, 2.75) is 31.9 Å². The number of halogens is 3. The van der Waals surface area contributed by atoms with Gasteiger partial charge in [0.2, 0.25) is 0 Å². The molecule has 8 heteroatoms. The Kier molecular flexibility index (Phi) is 6.57. The number of aliphatic carboxylic acids is 1. The van der Waals surface area contributed by atoms with Gasteiger partial charge in [-0.3, -0.25) is 9.59 Å². The van der Waals surface area contributed by atoms with E-state index < -0.39 is 29.8 Å². The van der Waals surface area contributed by atoms with Gasteiger partial charge in [0.1, 0.15) is 29.5 Å². The molecular weight excluding hydrogens is 464 g/mol. The fraction of sp³-hybridized carbons (Fsp3) is 0.231. The van der Waals surface area contributed by atoms with Crippen molar-refractivity contribution in [3.05, 3.63) is 99.6 Å². The smallest absolute Gasteiger partial charge is 0.323 e. The van der Waals surface area contributed by atoms with Crippen molar-refractivity contribution in [2.75, 3.05) is 6.54 Å². The van der Waals surface area contributed by atoms with Crippen LogP contribution in [0.2, 0.25) is 5.02 Å². The molecule has 34 heavy (non-hydrogen) atoms. The van der Waals surface area contributed by atoms with Crippen LogP contribution < -0.4 is 4.74 Å². The van der Waals surface area contributed by atoms with Crippen molar-refractivity contribution >= 4 is 23.5 Å². The first-order chi connectivity index (χ1) is 16.1. The summed E-state index contributed by atoms with van der Waals surface area (Å²) in [6, 6.07) is 15.3. The second kappa shape index (κ2) is 9.43. The Morgan fingerprint density at radius 1 is 1.06 bits per heavy atom. The predicted octanol–water partition coefficient (Wildman–Crippen LogP) is 5.28. The zero-order chi connectivity index (χ0) is 24.5. The van der Waals surface area contributed by atoms with E-state index in [1.54, 1.807) is 30.3 Å². The maximum atomic E-state index is 13.5. The van der Waals surface area contributed by atoms with E-state index >= 15 is 0 Å². The average Bonchev–Trinajstić information content (AvgIpc) is 3.11. The largest absolute Gasteiger partial charge is 0.487 e. The molecule has 0 saturated carbocycles. The van der Waals surface area contributed by atoms with Gasteiger partial charge in [0.05, 0.1) is 5.02 Å². The van der Waals surface area contributed by atoms with Crippen molar-refractivity contribution < 1.29 is 28.2 Å². The first kappa shape index (κ1) is 23.7. The van der Waals surface area contributed by atoms with Crippen LogP contribution in [0.5, 0.6) is 5.75 Å². The number of rotatable bonds is 7. The molecule has 1 atom stereocenters. The summed E-state index contributed by atoms with van der Waals surface area (Å²) < 4.78 is 32.8. The van der Waals surface area contributed by atoms with E-state index in [1.807, 2.05) is 6.92 Å². The van der Waals surface area contributed by atoms with Crippen LogP contribution >= 0.6 is 11.6 Å². The van der Waals surface area contributed by atoms with Gasteiger partial charge in [-0.2, -0.15) is 0 Å². The molecule has 0 fully saturated rings. The third kappa shape index (κ3) is 5.37. The summed E-state index contributed by atoms with van der Waals surface area (Å²) in [5, 5.41) is 9.21. The first-order valence-corrected chi connectivity index (χ1v) is 11.0. The van der Waals surface area contributed by atoms with Gasteiger partial charge in [0.25, 0.3) is 5.91 Å². The summed E-state index contributed by atoms with van der Waals surface area (Å²) in [7, 11) is 0. The number of carboxylic acids is 1. The summed E-state index contributed by atoms with van der Waals surface area (Å²) in [5.74, 6) is -1.89. The Balaban J connectivity index is 1.53. The molecule has 1 aliphatic rings. The molecule has 176 valence electrons. The minimum absolute atomic E-state index is 0.0407. The average molecular weight is 486 g/mol. The number of amides is 1. The highest BCUT2D eigenvalue weighted by Crippen LogP contribution is 2.37. The Morgan fingerprint density at radius 2 is 1.76 bits per heavy atom. The molecule has 4 rings (SSSR count). The van der Waals surface area contributed by atoms with Gasteiger partial charge in [-0.25, -0.2) is 8.78 Å². The third-order valence-electron chi connectivity index (χ3n) is 5.69. The minimum atomic E-state index is -1.17. The molecule has 0 spiro atoms. The van der Waals surface area contributed by atoms with Crippen LogP contribution in [0, 0.1) is 11.6 Å². The van der Waals surface area contributed by atoms with Gasteiger partial charge in [-0.05, 0) is 66.1 Å². The summed E-state index contributed by atoms with van der Waals surface area (Å²) >= 11 is 5.83. The highest BCUT2D eigenvalue weighted by atomic mass is 35.5. The lowest BCUT2D eigenvalue weighted by molar-refractivity contribution is -0.137. The lowest BCUT2D eigenvalue weighted by Gasteiger charge is -2.24. The molecule has 3 aromatic rings. The van der Waals surface area contributed by atoms with Crippen LogP contribution in [0.25, 0.3) is 0 Å². The number of hydrogen-bond donors (Lipinski definition) is 1. The third-order valence-corrected chi connectivity index (χ3v) is 5.98. The second-order valence-corrected chi connectivity index (χ2v) is 9.07. The van der Waals surface area contributed by atoms with Crippen molar-refractivity contribution in [1.29, 1.82) is 0 Å². The van der Waals surface area contributed by atoms with Crippen LogP contribution in [-0.4, -0.2) is 34.0 Å². The van der Waals surface area contributed by atoms with Crippen LogP contribution in [0.4, 0.5) is 8.78 Å². The SMILES string of the molecule is CC1(Cc2ccc(F)cc2)Cc2cc(C(=O)N(CC(=O)O)Cc3ccc(F)c(Cl)c3)ccc2O1. The van der Waals surface area contributed by atoms with Crippen molar-refractivity contribution in [2.24, 2.45) is 0 Å². The highest BCUT2D eigenvalue weighted by molar-refractivity contribution is 6.30. The zero-order valence-corrected chi connectivity index (χ0v) is 19.1. The maximum Gasteiger partial charge on any atom is 0.323 e. The predicted molar refractivity (Wildman–Crippen MR) is 123 cm³/mol. The molecule has 1 amide bonds. The van der Waals surface area contributed by atoms with Crippen molar-refractivity contribution in [1.82, 2.24) is 4.90 Å². The summed E-state index contributed by atoms with van der Waals surface area (Å²) in [6.07, 6.45) is 1.09. The van der Waals surface area contributed by atoms with Crippen LogP contribution in [0.15, 0.2) is 60.7 Å². The quantitative estimate of drug-likeness (QED) is 0.494. The topological polar surface area (TPSA) is 66.8 Å². The van der Waals surface area contributed by atoms with E-state index in [4.69, 9.17) is 16.3 Å². The van der Waals surface area contributed by atoms with E-state index in [0.29, 0.717) is 29.7 Å². The molecule has 0 aromatic heterocycles. The van der Waals surface area contributed by atoms with Gasteiger partial charge in [0.15, 0.2) is 0 Å². The minimum Gasteiger partial charge on any atom is -0.487 e. The second-order valence-electron chi connectivity index (χ2n) is 8.66. The number of hydrogen-bond acceptors (Lipinski definition) is 3. The van der Waals surface area contributed by atoms with E-state index in [1.165, 1.54) is 35.2 Å². The van der Waals surface area contributed by atoms with E-state index in [2.05, 4.69) is 0 Å². The number of benzene rings is 3. The number of fused-ring (bicyclic) bond motifs is 1. The fourth-order valence-electron chi connectivity index (χ4n) is 4.19. The molecule has 5 nitrogen and oxygen atoms in total. The van der Waals surface area contributed by atoms with Gasteiger partial charge in [-0.1, -0.05) is 29.8 Å². The molecule has 0 radical (unpaired) electrons. The standard InChI is InChI=1S/C26H22ClF2NO4/c1-26(12-16-2-6-20(28)7-3-16)13-19-11-18(5-9-23(19)34-26)25(33)30(15-24(31)32)14-17-4-8-22(29)21(27)10-17/h2-11H,12-15H2,1H3,(H,31,32). The summed E-state index contributed by atoms with van der Waals surface area (Å²) in [5.41, 5.74) is 2.03. The Labute approximate surface area is 200 Å². The fourth-order valence-corrected chi connectivity index (χ4v) is 4.39. The first-order valence-electron chi connectivity index (χ1n) is 10.6. The van der Waals surface area contributed by atoms with E-state index in [-0.39, 0.29) is 17.4 Å². The molecule has 3 aromatic carbocycles. The number of ether oxygens (including phenoxy) is 1. The van der Waals surface area contributed by atoms with Gasteiger partial charge in [0, 0.05) is 24.9 Å². The van der Waals surface area contributed by atoms with Crippen LogP contribution in [0.3, 0.4) is 0 Å². The molecule has 1 N–H and O–H groups in total. The lowest BCUT2D eigenvalue weighted by atomic mass is 9.91. The monoisotopic (exact) mass is 485 g/mol. The number of carbonyl (C=O) groups excluding carboxylic acids is 1.